The van der Waals surface area contributed by atoms with E-state index in [1.54, 1.807) is 12.1 Å². The van der Waals surface area contributed by atoms with Gasteiger partial charge in [-0.1, -0.05) is 49.4 Å². The van der Waals surface area contributed by atoms with E-state index >= 15 is 0 Å². The first kappa shape index (κ1) is 17.9. The molecule has 24 heavy (non-hydrogen) atoms. The number of para-hydroxylation sites is 1. The van der Waals surface area contributed by atoms with Crippen molar-refractivity contribution in [2.75, 3.05) is 13.2 Å². The summed E-state index contributed by atoms with van der Waals surface area (Å²) < 4.78 is 24.5. The molecule has 2 aromatic rings. The molecule has 2 aromatic carbocycles. The Morgan fingerprint density at radius 1 is 1.12 bits per heavy atom. The molecule has 2 rings (SSSR count). The summed E-state index contributed by atoms with van der Waals surface area (Å²) in [6.45, 7) is 3.09. The standard InChI is InChI=1S/C19H22FNO3/c1-2-17(24-18-11-7-6-10-16(18)20)19(22)21-12-13-23-14-15-8-4-3-5-9-15/h3-11,17H,2,12-14H2,1H3,(H,21,22)/t17-/m1/s1. The van der Waals surface area contributed by atoms with Gasteiger partial charge in [-0.3, -0.25) is 4.79 Å². The van der Waals surface area contributed by atoms with Crippen molar-refractivity contribution in [3.05, 3.63) is 66.0 Å². The van der Waals surface area contributed by atoms with Gasteiger partial charge < -0.3 is 14.8 Å². The van der Waals surface area contributed by atoms with Crippen LogP contribution < -0.4 is 10.1 Å². The predicted octanol–water partition coefficient (Wildman–Crippen LogP) is 3.32. The number of carbonyl (C=O) groups excluding carboxylic acids is 1. The summed E-state index contributed by atoms with van der Waals surface area (Å²) in [6.07, 6.45) is -0.276. The van der Waals surface area contributed by atoms with E-state index in [1.165, 1.54) is 12.1 Å². The van der Waals surface area contributed by atoms with Gasteiger partial charge >= 0.3 is 0 Å². The molecule has 0 aliphatic heterocycles. The maximum atomic E-state index is 13.6. The van der Waals surface area contributed by atoms with Gasteiger partial charge in [0.2, 0.25) is 0 Å². The minimum Gasteiger partial charge on any atom is -0.478 e. The fourth-order valence-electron chi connectivity index (χ4n) is 2.14. The second-order valence-corrected chi connectivity index (χ2v) is 5.27. The Balaban J connectivity index is 1.71. The Bertz CT molecular complexity index is 634. The average Bonchev–Trinajstić information content (AvgIpc) is 2.61. The second kappa shape index (κ2) is 9.67. The van der Waals surface area contributed by atoms with Crippen molar-refractivity contribution in [2.45, 2.75) is 26.1 Å². The third kappa shape index (κ3) is 5.66. The molecule has 0 spiro atoms. The van der Waals surface area contributed by atoms with E-state index in [4.69, 9.17) is 9.47 Å². The van der Waals surface area contributed by atoms with Gasteiger partial charge in [0.15, 0.2) is 17.7 Å². The lowest BCUT2D eigenvalue weighted by molar-refractivity contribution is -0.128. The number of rotatable bonds is 9. The van der Waals surface area contributed by atoms with Crippen LogP contribution in [-0.4, -0.2) is 25.2 Å². The Labute approximate surface area is 141 Å². The van der Waals surface area contributed by atoms with E-state index in [2.05, 4.69) is 5.32 Å². The normalized spacial score (nSPS) is 11.8. The van der Waals surface area contributed by atoms with Crippen molar-refractivity contribution in [2.24, 2.45) is 0 Å². The first-order valence-electron chi connectivity index (χ1n) is 8.01. The van der Waals surface area contributed by atoms with Gasteiger partial charge in [-0.2, -0.15) is 0 Å². The van der Waals surface area contributed by atoms with Crippen LogP contribution in [0.15, 0.2) is 54.6 Å². The van der Waals surface area contributed by atoms with Gasteiger partial charge in [-0.05, 0) is 24.1 Å². The van der Waals surface area contributed by atoms with Crippen molar-refractivity contribution < 1.29 is 18.7 Å². The summed E-state index contributed by atoms with van der Waals surface area (Å²) in [7, 11) is 0. The highest BCUT2D eigenvalue weighted by atomic mass is 19.1. The maximum absolute atomic E-state index is 13.6. The van der Waals surface area contributed by atoms with E-state index in [1.807, 2.05) is 37.3 Å². The number of benzene rings is 2. The van der Waals surface area contributed by atoms with E-state index in [-0.39, 0.29) is 11.7 Å². The van der Waals surface area contributed by atoms with Crippen molar-refractivity contribution in [3.8, 4) is 5.75 Å². The minimum absolute atomic E-state index is 0.0832. The van der Waals surface area contributed by atoms with Gasteiger partial charge in [-0.25, -0.2) is 4.39 Å². The summed E-state index contributed by atoms with van der Waals surface area (Å²) in [5, 5.41) is 2.75. The van der Waals surface area contributed by atoms with Gasteiger partial charge in [0.25, 0.3) is 5.91 Å². The highest BCUT2D eigenvalue weighted by molar-refractivity contribution is 5.81. The molecular weight excluding hydrogens is 309 g/mol. The molecule has 0 aliphatic carbocycles. The lowest BCUT2D eigenvalue weighted by atomic mass is 10.2. The Hall–Kier alpha value is -2.40. The number of hydrogen-bond acceptors (Lipinski definition) is 3. The summed E-state index contributed by atoms with van der Waals surface area (Å²) in [4.78, 5) is 12.1. The van der Waals surface area contributed by atoms with E-state index in [0.717, 1.165) is 5.56 Å². The van der Waals surface area contributed by atoms with Crippen molar-refractivity contribution in [1.29, 1.82) is 0 Å². The minimum atomic E-state index is -0.726. The zero-order valence-electron chi connectivity index (χ0n) is 13.7. The molecule has 0 saturated heterocycles. The average molecular weight is 331 g/mol. The molecule has 5 heteroatoms. The molecule has 1 N–H and O–H groups in total. The number of amides is 1. The van der Waals surface area contributed by atoms with Crippen molar-refractivity contribution in [1.82, 2.24) is 5.32 Å². The smallest absolute Gasteiger partial charge is 0.261 e. The monoisotopic (exact) mass is 331 g/mol. The van der Waals surface area contributed by atoms with Crippen LogP contribution in [0, 0.1) is 5.82 Å². The van der Waals surface area contributed by atoms with Gasteiger partial charge in [-0.15, -0.1) is 0 Å². The van der Waals surface area contributed by atoms with E-state index in [0.29, 0.717) is 26.2 Å². The molecule has 128 valence electrons. The molecule has 0 radical (unpaired) electrons. The van der Waals surface area contributed by atoms with E-state index < -0.39 is 11.9 Å². The largest absolute Gasteiger partial charge is 0.478 e. The molecule has 0 bridgehead atoms. The summed E-state index contributed by atoms with van der Waals surface area (Å²) in [5.41, 5.74) is 1.08. The second-order valence-electron chi connectivity index (χ2n) is 5.27. The number of halogens is 1. The van der Waals surface area contributed by atoms with Crippen molar-refractivity contribution in [3.63, 3.8) is 0 Å². The third-order valence-corrected chi connectivity index (χ3v) is 3.43. The van der Waals surface area contributed by atoms with Crippen LogP contribution in [0.25, 0.3) is 0 Å². The summed E-state index contributed by atoms with van der Waals surface area (Å²) >= 11 is 0. The zero-order chi connectivity index (χ0) is 17.2. The first-order valence-corrected chi connectivity index (χ1v) is 8.01. The highest BCUT2D eigenvalue weighted by Gasteiger charge is 2.19. The van der Waals surface area contributed by atoms with Crippen LogP contribution in [0.1, 0.15) is 18.9 Å². The molecule has 0 heterocycles. The van der Waals surface area contributed by atoms with E-state index in [9.17, 15) is 9.18 Å². The zero-order valence-corrected chi connectivity index (χ0v) is 13.7. The van der Waals surface area contributed by atoms with Crippen molar-refractivity contribution >= 4 is 5.91 Å². The summed E-state index contributed by atoms with van der Waals surface area (Å²) in [5.74, 6) is -0.668. The Morgan fingerprint density at radius 3 is 2.54 bits per heavy atom. The van der Waals surface area contributed by atoms with Gasteiger partial charge in [0.1, 0.15) is 0 Å². The number of ether oxygens (including phenoxy) is 2. The number of hydrogen-bond donors (Lipinski definition) is 1. The topological polar surface area (TPSA) is 47.6 Å². The molecule has 4 nitrogen and oxygen atoms in total. The molecule has 0 fully saturated rings. The maximum Gasteiger partial charge on any atom is 0.261 e. The molecule has 0 aliphatic rings. The Kier molecular flexibility index (Phi) is 7.23. The quantitative estimate of drug-likeness (QED) is 0.717. The molecule has 1 atom stereocenters. The lowest BCUT2D eigenvalue weighted by Gasteiger charge is -2.17. The molecular formula is C19H22FNO3. The van der Waals surface area contributed by atoms with Crippen LogP contribution in [0.3, 0.4) is 0 Å². The van der Waals surface area contributed by atoms with Crippen LogP contribution in [0.4, 0.5) is 4.39 Å². The fraction of sp³-hybridized carbons (Fsp3) is 0.316. The Morgan fingerprint density at radius 2 is 1.83 bits per heavy atom. The van der Waals surface area contributed by atoms with Gasteiger partial charge in [0, 0.05) is 6.54 Å². The van der Waals surface area contributed by atoms with Crippen LogP contribution in [0.2, 0.25) is 0 Å². The molecule has 0 aromatic heterocycles. The first-order chi connectivity index (χ1) is 11.7. The predicted molar refractivity (Wildman–Crippen MR) is 90.2 cm³/mol. The summed E-state index contributed by atoms with van der Waals surface area (Å²) in [6, 6.07) is 15.9. The van der Waals surface area contributed by atoms with Gasteiger partial charge in [0.05, 0.1) is 13.2 Å². The molecule has 1 amide bonds. The van der Waals surface area contributed by atoms with Crippen LogP contribution >= 0.6 is 0 Å². The third-order valence-electron chi connectivity index (χ3n) is 3.43. The van der Waals surface area contributed by atoms with Crippen LogP contribution in [0.5, 0.6) is 5.75 Å². The fourth-order valence-corrected chi connectivity index (χ4v) is 2.14. The highest BCUT2D eigenvalue weighted by Crippen LogP contribution is 2.18. The number of nitrogens with one attached hydrogen (secondary N) is 1. The van der Waals surface area contributed by atoms with Crippen LogP contribution in [-0.2, 0) is 16.1 Å². The molecule has 0 unspecified atom stereocenters. The lowest BCUT2D eigenvalue weighted by Crippen LogP contribution is -2.39. The molecule has 0 saturated carbocycles. The SMILES string of the molecule is CC[C@@H](Oc1ccccc1F)C(=O)NCCOCc1ccccc1. The number of carbonyl (C=O) groups is 1.